The lowest BCUT2D eigenvalue weighted by atomic mass is 10.2. The summed E-state index contributed by atoms with van der Waals surface area (Å²) in [6.45, 7) is 4.92. The Morgan fingerprint density at radius 1 is 1.10 bits per heavy atom. The van der Waals surface area contributed by atoms with Gasteiger partial charge in [0.1, 0.15) is 11.6 Å². The number of hydrogen-bond donors (Lipinski definition) is 1. The molecule has 0 radical (unpaired) electrons. The van der Waals surface area contributed by atoms with Crippen molar-refractivity contribution < 1.29 is 9.18 Å². The smallest absolute Gasteiger partial charge is 0.317 e. The molecule has 0 spiro atoms. The molecule has 1 aliphatic rings. The molecule has 150 valence electrons. The van der Waals surface area contributed by atoms with Gasteiger partial charge >= 0.3 is 6.03 Å². The average Bonchev–Trinajstić information content (AvgIpc) is 3.18. The maximum absolute atomic E-state index is 14.5. The van der Waals surface area contributed by atoms with Crippen LogP contribution in [0.25, 0.3) is 5.69 Å². The number of aromatic nitrogens is 3. The molecule has 1 fully saturated rings. The molecule has 2 aromatic heterocycles. The van der Waals surface area contributed by atoms with E-state index in [4.69, 9.17) is 0 Å². The highest BCUT2D eigenvalue weighted by molar-refractivity contribution is 5.74. The Labute approximate surface area is 168 Å². The van der Waals surface area contributed by atoms with E-state index in [1.807, 2.05) is 25.1 Å². The van der Waals surface area contributed by atoms with Crippen molar-refractivity contribution in [1.29, 1.82) is 0 Å². The molecule has 0 bridgehead atoms. The molecule has 1 saturated heterocycles. The number of halogens is 1. The fourth-order valence-electron chi connectivity index (χ4n) is 3.50. The summed E-state index contributed by atoms with van der Waals surface area (Å²) in [5.74, 6) is 0.375. The maximum Gasteiger partial charge on any atom is 0.317 e. The van der Waals surface area contributed by atoms with Crippen LogP contribution in [0.3, 0.4) is 0 Å². The van der Waals surface area contributed by atoms with E-state index in [-0.39, 0.29) is 18.4 Å². The number of carbonyl (C=O) groups is 1. The van der Waals surface area contributed by atoms with Gasteiger partial charge in [-0.1, -0.05) is 6.07 Å². The summed E-state index contributed by atoms with van der Waals surface area (Å²) in [5, 5.41) is 2.89. The summed E-state index contributed by atoms with van der Waals surface area (Å²) in [6, 6.07) is 8.79. The molecule has 1 aliphatic heterocycles. The first-order valence-electron chi connectivity index (χ1n) is 9.58. The monoisotopic (exact) mass is 394 g/mol. The van der Waals surface area contributed by atoms with Crippen LogP contribution in [-0.4, -0.2) is 51.6 Å². The SMILES string of the molecule is Cc1nccn1-c1ccc(CNC(=O)N2CCN(c3ccncc3)CC2)cc1F. The Morgan fingerprint density at radius 2 is 1.86 bits per heavy atom. The Kier molecular flexibility index (Phi) is 5.41. The quantitative estimate of drug-likeness (QED) is 0.739. The first-order chi connectivity index (χ1) is 14.1. The largest absolute Gasteiger partial charge is 0.368 e. The zero-order valence-corrected chi connectivity index (χ0v) is 16.3. The number of anilines is 1. The number of hydrogen-bond acceptors (Lipinski definition) is 4. The third-order valence-electron chi connectivity index (χ3n) is 5.14. The molecule has 7 nitrogen and oxygen atoms in total. The van der Waals surface area contributed by atoms with Crippen LogP contribution < -0.4 is 10.2 Å². The Bertz CT molecular complexity index is 982. The number of pyridine rings is 1. The third-order valence-corrected chi connectivity index (χ3v) is 5.14. The van der Waals surface area contributed by atoms with Crippen LogP contribution in [0.15, 0.2) is 55.1 Å². The summed E-state index contributed by atoms with van der Waals surface area (Å²) < 4.78 is 16.2. The Balaban J connectivity index is 1.31. The van der Waals surface area contributed by atoms with Crippen molar-refractivity contribution in [3.8, 4) is 5.69 Å². The molecule has 3 heterocycles. The van der Waals surface area contributed by atoms with Crippen molar-refractivity contribution in [3.05, 3.63) is 72.3 Å². The van der Waals surface area contributed by atoms with Crippen molar-refractivity contribution in [2.45, 2.75) is 13.5 Å². The van der Waals surface area contributed by atoms with Crippen molar-refractivity contribution in [2.24, 2.45) is 0 Å². The summed E-state index contributed by atoms with van der Waals surface area (Å²) in [4.78, 5) is 24.7. The molecule has 29 heavy (non-hydrogen) atoms. The molecule has 0 aliphatic carbocycles. The number of rotatable bonds is 4. The number of nitrogens with zero attached hydrogens (tertiary/aromatic N) is 5. The van der Waals surface area contributed by atoms with Crippen molar-refractivity contribution in [1.82, 2.24) is 24.8 Å². The molecule has 0 atom stereocenters. The number of benzene rings is 1. The number of nitrogens with one attached hydrogen (secondary N) is 1. The van der Waals surface area contributed by atoms with Crippen molar-refractivity contribution in [3.63, 3.8) is 0 Å². The zero-order valence-electron chi connectivity index (χ0n) is 16.3. The lowest BCUT2D eigenvalue weighted by molar-refractivity contribution is 0.194. The van der Waals surface area contributed by atoms with Crippen LogP contribution in [0.2, 0.25) is 0 Å². The van der Waals surface area contributed by atoms with Crippen LogP contribution in [0.5, 0.6) is 0 Å². The molecule has 0 unspecified atom stereocenters. The van der Waals surface area contributed by atoms with E-state index in [0.29, 0.717) is 24.3 Å². The Morgan fingerprint density at radius 3 is 2.52 bits per heavy atom. The van der Waals surface area contributed by atoms with Gasteiger partial charge in [-0.25, -0.2) is 14.2 Å². The fourth-order valence-corrected chi connectivity index (χ4v) is 3.50. The van der Waals surface area contributed by atoms with Crippen LogP contribution in [0, 0.1) is 12.7 Å². The number of piperazine rings is 1. The number of amides is 2. The number of carbonyl (C=O) groups excluding carboxylic acids is 1. The third kappa shape index (κ3) is 4.21. The van der Waals surface area contributed by atoms with Gasteiger partial charge in [0.25, 0.3) is 0 Å². The van der Waals surface area contributed by atoms with Gasteiger partial charge in [-0.3, -0.25) is 4.98 Å². The minimum Gasteiger partial charge on any atom is -0.368 e. The molecule has 1 aromatic carbocycles. The van der Waals surface area contributed by atoms with Gasteiger partial charge in [0.15, 0.2) is 0 Å². The summed E-state index contributed by atoms with van der Waals surface area (Å²) in [7, 11) is 0. The normalized spacial score (nSPS) is 14.1. The topological polar surface area (TPSA) is 66.3 Å². The minimum absolute atomic E-state index is 0.130. The highest BCUT2D eigenvalue weighted by atomic mass is 19.1. The van der Waals surface area contributed by atoms with Crippen LogP contribution in [-0.2, 0) is 6.54 Å². The summed E-state index contributed by atoms with van der Waals surface area (Å²) in [5.41, 5.74) is 2.28. The molecule has 0 saturated carbocycles. The fraction of sp³-hybridized carbons (Fsp3) is 0.286. The second kappa shape index (κ2) is 8.30. The standard InChI is InChI=1S/C21H23FN6O/c1-16-24-8-9-28(16)20-3-2-17(14-19(20)22)15-25-21(29)27-12-10-26(11-13-27)18-4-6-23-7-5-18/h2-9,14H,10-13,15H2,1H3,(H,25,29). The van der Waals surface area contributed by atoms with Gasteiger partial charge in [0, 0.05) is 63.2 Å². The van der Waals surface area contributed by atoms with E-state index in [0.717, 1.165) is 24.6 Å². The van der Waals surface area contributed by atoms with Gasteiger partial charge in [-0.05, 0) is 36.8 Å². The minimum atomic E-state index is -0.344. The van der Waals surface area contributed by atoms with Gasteiger partial charge in [-0.15, -0.1) is 0 Å². The summed E-state index contributed by atoms with van der Waals surface area (Å²) >= 11 is 0. The highest BCUT2D eigenvalue weighted by Gasteiger charge is 2.21. The van der Waals surface area contributed by atoms with E-state index < -0.39 is 0 Å². The zero-order chi connectivity index (χ0) is 20.2. The van der Waals surface area contributed by atoms with E-state index >= 15 is 0 Å². The van der Waals surface area contributed by atoms with Gasteiger partial charge < -0.3 is 19.7 Å². The van der Waals surface area contributed by atoms with Crippen LogP contribution in [0.1, 0.15) is 11.4 Å². The molecular formula is C21H23FN6O. The van der Waals surface area contributed by atoms with Gasteiger partial charge in [0.2, 0.25) is 0 Å². The number of aryl methyl sites for hydroxylation is 1. The molecule has 4 rings (SSSR count). The Hall–Kier alpha value is -3.42. The van der Waals surface area contributed by atoms with E-state index in [2.05, 4.69) is 20.2 Å². The highest BCUT2D eigenvalue weighted by Crippen LogP contribution is 2.17. The predicted molar refractivity (Wildman–Crippen MR) is 109 cm³/mol. The van der Waals surface area contributed by atoms with E-state index in [1.165, 1.54) is 6.07 Å². The first-order valence-corrected chi connectivity index (χ1v) is 9.58. The molecule has 1 N–H and O–H groups in total. The van der Waals surface area contributed by atoms with Crippen molar-refractivity contribution >= 4 is 11.7 Å². The van der Waals surface area contributed by atoms with Crippen LogP contribution >= 0.6 is 0 Å². The lowest BCUT2D eigenvalue weighted by Crippen LogP contribution is -2.51. The van der Waals surface area contributed by atoms with Crippen molar-refractivity contribution in [2.75, 3.05) is 31.1 Å². The maximum atomic E-state index is 14.5. The second-order valence-corrected chi connectivity index (χ2v) is 6.97. The number of imidazole rings is 1. The molecule has 3 aromatic rings. The van der Waals surface area contributed by atoms with Gasteiger partial charge in [-0.2, -0.15) is 0 Å². The number of urea groups is 1. The van der Waals surface area contributed by atoms with Crippen LogP contribution in [0.4, 0.5) is 14.9 Å². The van der Waals surface area contributed by atoms with Gasteiger partial charge in [0.05, 0.1) is 5.69 Å². The van der Waals surface area contributed by atoms with E-state index in [9.17, 15) is 9.18 Å². The van der Waals surface area contributed by atoms with E-state index in [1.54, 1.807) is 40.3 Å². The second-order valence-electron chi connectivity index (χ2n) is 6.97. The lowest BCUT2D eigenvalue weighted by Gasteiger charge is -2.36. The molecule has 8 heteroatoms. The first kappa shape index (κ1) is 18.9. The average molecular weight is 394 g/mol. The molecular weight excluding hydrogens is 371 g/mol. The predicted octanol–water partition coefficient (Wildman–Crippen LogP) is 2.75. The molecule has 2 amide bonds. The summed E-state index contributed by atoms with van der Waals surface area (Å²) in [6.07, 6.45) is 6.90.